The van der Waals surface area contributed by atoms with Gasteiger partial charge in [0.1, 0.15) is 12.1 Å². The molecule has 0 aliphatic rings. The van der Waals surface area contributed by atoms with Gasteiger partial charge in [0.2, 0.25) is 0 Å². The number of allylic oxidation sites excluding steroid dienone is 1. The second-order valence-corrected chi connectivity index (χ2v) is 3.29. The first kappa shape index (κ1) is 9.38. The lowest BCUT2D eigenvalue weighted by Crippen LogP contribution is -1.85. The molecule has 0 atom stereocenters. The quantitative estimate of drug-likeness (QED) is 0.461. The van der Waals surface area contributed by atoms with E-state index in [4.69, 9.17) is 0 Å². The van der Waals surface area contributed by atoms with E-state index in [1.165, 1.54) is 18.2 Å². The van der Waals surface area contributed by atoms with Crippen LogP contribution >= 0.6 is 22.6 Å². The largest absolute Gasteiger partial charge is 0.299 e. The molecule has 1 aromatic carbocycles. The summed E-state index contributed by atoms with van der Waals surface area (Å²) in [7, 11) is 0. The van der Waals surface area contributed by atoms with Crippen LogP contribution in [0.15, 0.2) is 24.3 Å². The Morgan fingerprint density at radius 2 is 2.17 bits per heavy atom. The van der Waals surface area contributed by atoms with Crippen LogP contribution in [0.25, 0.3) is 6.08 Å². The average molecular weight is 276 g/mol. The van der Waals surface area contributed by atoms with E-state index in [9.17, 15) is 9.18 Å². The van der Waals surface area contributed by atoms with Gasteiger partial charge in [0, 0.05) is 9.13 Å². The number of carbonyl (C=O) groups excluding carboxylic acids is 1. The maximum absolute atomic E-state index is 13.0. The highest BCUT2D eigenvalue weighted by molar-refractivity contribution is 14.1. The maximum atomic E-state index is 13.0. The van der Waals surface area contributed by atoms with Crippen LogP contribution < -0.4 is 0 Å². The van der Waals surface area contributed by atoms with E-state index in [0.29, 0.717) is 11.8 Å². The zero-order chi connectivity index (χ0) is 8.97. The highest BCUT2D eigenvalue weighted by atomic mass is 127. The molecule has 0 aliphatic carbocycles. The van der Waals surface area contributed by atoms with E-state index < -0.39 is 0 Å². The topological polar surface area (TPSA) is 17.1 Å². The first-order valence-corrected chi connectivity index (χ1v) is 4.39. The molecule has 0 heterocycles. The monoisotopic (exact) mass is 276 g/mol. The molecule has 1 nitrogen and oxygen atoms in total. The SMILES string of the molecule is O=C/C=C/c1c(F)cccc1I. The summed E-state index contributed by atoms with van der Waals surface area (Å²) in [6.07, 6.45) is 3.37. The number of hydrogen-bond donors (Lipinski definition) is 0. The van der Waals surface area contributed by atoms with E-state index in [1.807, 2.05) is 22.6 Å². The Hall–Kier alpha value is -0.710. The van der Waals surface area contributed by atoms with E-state index >= 15 is 0 Å². The van der Waals surface area contributed by atoms with Crippen LogP contribution in [0.2, 0.25) is 0 Å². The van der Waals surface area contributed by atoms with Crippen molar-refractivity contribution in [3.8, 4) is 0 Å². The van der Waals surface area contributed by atoms with Crippen molar-refractivity contribution in [1.82, 2.24) is 0 Å². The van der Waals surface area contributed by atoms with Crippen molar-refractivity contribution in [3.63, 3.8) is 0 Å². The molecule has 0 bridgehead atoms. The Labute approximate surface area is 83.4 Å². The van der Waals surface area contributed by atoms with Crippen molar-refractivity contribution in [2.45, 2.75) is 0 Å². The van der Waals surface area contributed by atoms with E-state index in [2.05, 4.69) is 0 Å². The van der Waals surface area contributed by atoms with E-state index in [0.717, 1.165) is 3.57 Å². The lowest BCUT2D eigenvalue weighted by Gasteiger charge is -1.98. The van der Waals surface area contributed by atoms with Gasteiger partial charge in [-0.1, -0.05) is 6.07 Å². The Bertz CT molecular complexity index is 300. The third-order valence-electron chi connectivity index (χ3n) is 1.34. The zero-order valence-corrected chi connectivity index (χ0v) is 8.29. The van der Waals surface area contributed by atoms with Gasteiger partial charge in [-0.25, -0.2) is 4.39 Å². The van der Waals surface area contributed by atoms with Crippen LogP contribution in [0.4, 0.5) is 4.39 Å². The second kappa shape index (κ2) is 4.35. The highest BCUT2D eigenvalue weighted by Gasteiger charge is 2.00. The molecule has 0 N–H and O–H groups in total. The van der Waals surface area contributed by atoms with E-state index in [1.54, 1.807) is 12.1 Å². The molecule has 1 aromatic rings. The molecule has 0 aliphatic heterocycles. The number of benzene rings is 1. The fraction of sp³-hybridized carbons (Fsp3) is 0. The van der Waals surface area contributed by atoms with Crippen molar-refractivity contribution in [2.75, 3.05) is 0 Å². The smallest absolute Gasteiger partial charge is 0.142 e. The summed E-state index contributed by atoms with van der Waals surface area (Å²) < 4.78 is 13.8. The summed E-state index contributed by atoms with van der Waals surface area (Å²) in [5, 5.41) is 0. The fourth-order valence-corrected chi connectivity index (χ4v) is 1.45. The van der Waals surface area contributed by atoms with Gasteiger partial charge in [-0.2, -0.15) is 0 Å². The Kier molecular flexibility index (Phi) is 3.40. The van der Waals surface area contributed by atoms with Crippen LogP contribution in [-0.2, 0) is 4.79 Å². The summed E-state index contributed by atoms with van der Waals surface area (Å²) in [4.78, 5) is 9.99. The van der Waals surface area contributed by atoms with Crippen LogP contribution in [0.5, 0.6) is 0 Å². The first-order valence-electron chi connectivity index (χ1n) is 3.31. The van der Waals surface area contributed by atoms with Gasteiger partial charge >= 0.3 is 0 Å². The maximum Gasteiger partial charge on any atom is 0.142 e. The fourth-order valence-electron chi connectivity index (χ4n) is 0.805. The standard InChI is InChI=1S/C9H6FIO/c10-8-4-1-5-9(11)7(8)3-2-6-12/h1-6H/b3-2+. The zero-order valence-electron chi connectivity index (χ0n) is 6.13. The molecule has 0 saturated heterocycles. The molecule has 0 fully saturated rings. The van der Waals surface area contributed by atoms with Gasteiger partial charge in [-0.05, 0) is 46.9 Å². The second-order valence-electron chi connectivity index (χ2n) is 2.13. The van der Waals surface area contributed by atoms with Crippen molar-refractivity contribution in [1.29, 1.82) is 0 Å². The average Bonchev–Trinajstić information content (AvgIpc) is 2.04. The minimum absolute atomic E-state index is 0.306. The number of halogens is 2. The van der Waals surface area contributed by atoms with Crippen LogP contribution in [0.3, 0.4) is 0 Å². The molecule has 0 amide bonds. The molecule has 62 valence electrons. The summed E-state index contributed by atoms with van der Waals surface area (Å²) >= 11 is 2.02. The number of aldehydes is 1. The molecule has 3 heteroatoms. The molecule has 0 spiro atoms. The van der Waals surface area contributed by atoms with Gasteiger partial charge in [0.25, 0.3) is 0 Å². The molecule has 0 radical (unpaired) electrons. The van der Waals surface area contributed by atoms with Gasteiger partial charge in [0.05, 0.1) is 0 Å². The van der Waals surface area contributed by atoms with Crippen LogP contribution in [-0.4, -0.2) is 6.29 Å². The lowest BCUT2D eigenvalue weighted by atomic mass is 10.2. The van der Waals surface area contributed by atoms with Crippen molar-refractivity contribution >= 4 is 35.0 Å². The Morgan fingerprint density at radius 3 is 2.75 bits per heavy atom. The molecule has 0 unspecified atom stereocenters. The highest BCUT2D eigenvalue weighted by Crippen LogP contribution is 2.16. The van der Waals surface area contributed by atoms with Gasteiger partial charge in [-0.15, -0.1) is 0 Å². The third-order valence-corrected chi connectivity index (χ3v) is 2.28. The number of rotatable bonds is 2. The summed E-state index contributed by atoms with van der Waals surface area (Å²) in [5.74, 6) is -0.306. The molecule has 0 saturated carbocycles. The van der Waals surface area contributed by atoms with Crippen molar-refractivity contribution in [3.05, 3.63) is 39.2 Å². The Balaban J connectivity index is 3.12. The Morgan fingerprint density at radius 1 is 1.42 bits per heavy atom. The molecular formula is C9H6FIO. The van der Waals surface area contributed by atoms with Gasteiger partial charge in [-0.3, -0.25) is 4.79 Å². The molecule has 12 heavy (non-hydrogen) atoms. The van der Waals surface area contributed by atoms with Crippen molar-refractivity contribution < 1.29 is 9.18 Å². The summed E-state index contributed by atoms with van der Waals surface area (Å²) in [5.41, 5.74) is 0.463. The van der Waals surface area contributed by atoms with Crippen molar-refractivity contribution in [2.24, 2.45) is 0 Å². The van der Waals surface area contributed by atoms with Crippen LogP contribution in [0, 0.1) is 9.39 Å². The minimum Gasteiger partial charge on any atom is -0.299 e. The summed E-state index contributed by atoms with van der Waals surface area (Å²) in [6.45, 7) is 0. The van der Waals surface area contributed by atoms with Gasteiger partial charge in [0.15, 0.2) is 0 Å². The lowest BCUT2D eigenvalue weighted by molar-refractivity contribution is -0.104. The predicted octanol–water partition coefficient (Wildman–Crippen LogP) is 2.64. The normalized spacial score (nSPS) is 10.5. The molecule has 0 aromatic heterocycles. The first-order chi connectivity index (χ1) is 5.75. The number of carbonyl (C=O) groups is 1. The van der Waals surface area contributed by atoms with Crippen LogP contribution in [0.1, 0.15) is 5.56 Å². The minimum atomic E-state index is -0.306. The third kappa shape index (κ3) is 2.14. The summed E-state index contributed by atoms with van der Waals surface area (Å²) in [6, 6.07) is 4.79. The molecular weight excluding hydrogens is 270 g/mol. The van der Waals surface area contributed by atoms with E-state index in [-0.39, 0.29) is 5.82 Å². The predicted molar refractivity (Wildman–Crippen MR) is 54.2 cm³/mol. The number of hydrogen-bond acceptors (Lipinski definition) is 1. The van der Waals surface area contributed by atoms with Gasteiger partial charge < -0.3 is 0 Å². The molecule has 1 rings (SSSR count).